The lowest BCUT2D eigenvalue weighted by Gasteiger charge is -2.31. The summed E-state index contributed by atoms with van der Waals surface area (Å²) in [5.74, 6) is 0.0657. The van der Waals surface area contributed by atoms with Crippen molar-refractivity contribution >= 4 is 17.5 Å². The average molecular weight is 298 g/mol. The monoisotopic (exact) mass is 297 g/mol. The fourth-order valence-electron chi connectivity index (χ4n) is 3.29. The highest BCUT2D eigenvalue weighted by Crippen LogP contribution is 2.63. The smallest absolute Gasteiger partial charge is 0.238 e. The van der Waals surface area contributed by atoms with E-state index >= 15 is 0 Å². The van der Waals surface area contributed by atoms with Gasteiger partial charge in [0.05, 0.1) is 12.2 Å². The van der Waals surface area contributed by atoms with Crippen LogP contribution < -0.4 is 0 Å². The number of carbonyl (C=O) groups excluding carboxylic acids is 1. The zero-order valence-corrected chi connectivity index (χ0v) is 12.5. The van der Waals surface area contributed by atoms with E-state index < -0.39 is 0 Å². The van der Waals surface area contributed by atoms with Gasteiger partial charge in [-0.25, -0.2) is 4.68 Å². The van der Waals surface area contributed by atoms with Gasteiger partial charge < -0.3 is 9.64 Å². The standard InChI is InChI=1S/C14H20ClN3O2/c1-20-10-18-11(3-6-16-18)9-17(13(19)8-15)12-7-14(12)4-2-5-14/h3,6,12H,2,4-5,7-10H2,1H3. The maximum absolute atomic E-state index is 12.1. The van der Waals surface area contributed by atoms with E-state index in [1.165, 1.54) is 19.3 Å². The van der Waals surface area contributed by atoms with Crippen LogP contribution in [0.5, 0.6) is 0 Å². The number of amides is 1. The van der Waals surface area contributed by atoms with Crippen LogP contribution in [0.3, 0.4) is 0 Å². The van der Waals surface area contributed by atoms with Gasteiger partial charge >= 0.3 is 0 Å². The van der Waals surface area contributed by atoms with Gasteiger partial charge in [0, 0.05) is 19.3 Å². The van der Waals surface area contributed by atoms with E-state index in [2.05, 4.69) is 5.10 Å². The molecule has 1 unspecified atom stereocenters. The highest BCUT2D eigenvalue weighted by Gasteiger charge is 2.60. The second kappa shape index (κ2) is 5.37. The summed E-state index contributed by atoms with van der Waals surface area (Å²) in [5.41, 5.74) is 1.40. The van der Waals surface area contributed by atoms with Crippen LogP contribution in [0.25, 0.3) is 0 Å². The van der Waals surface area contributed by atoms with Crippen molar-refractivity contribution in [2.24, 2.45) is 5.41 Å². The van der Waals surface area contributed by atoms with E-state index in [-0.39, 0.29) is 11.8 Å². The van der Waals surface area contributed by atoms with Gasteiger partial charge in [-0.05, 0) is 30.7 Å². The van der Waals surface area contributed by atoms with E-state index in [1.807, 2.05) is 11.0 Å². The third-order valence-electron chi connectivity index (χ3n) is 4.70. The van der Waals surface area contributed by atoms with Gasteiger partial charge in [0.2, 0.25) is 5.91 Å². The number of carbonyl (C=O) groups is 1. The van der Waals surface area contributed by atoms with E-state index in [0.29, 0.717) is 24.7 Å². The van der Waals surface area contributed by atoms with E-state index in [9.17, 15) is 4.79 Å². The summed E-state index contributed by atoms with van der Waals surface area (Å²) in [5, 5.41) is 4.22. The molecule has 2 aliphatic carbocycles. The molecule has 0 radical (unpaired) electrons. The predicted molar refractivity (Wildman–Crippen MR) is 75.2 cm³/mol. The van der Waals surface area contributed by atoms with Crippen LogP contribution >= 0.6 is 11.6 Å². The number of ether oxygens (including phenoxy) is 1. The second-order valence-corrected chi connectivity index (χ2v) is 6.10. The van der Waals surface area contributed by atoms with Crippen molar-refractivity contribution in [3.05, 3.63) is 18.0 Å². The Kier molecular flexibility index (Phi) is 3.73. The van der Waals surface area contributed by atoms with Crippen molar-refractivity contribution in [1.82, 2.24) is 14.7 Å². The van der Waals surface area contributed by atoms with Crippen LogP contribution in [0, 0.1) is 5.41 Å². The number of methoxy groups -OCH3 is 1. The van der Waals surface area contributed by atoms with Gasteiger partial charge in [0.25, 0.3) is 0 Å². The summed E-state index contributed by atoms with van der Waals surface area (Å²) in [6.45, 7) is 0.975. The normalized spacial score (nSPS) is 22.6. The molecule has 1 heterocycles. The van der Waals surface area contributed by atoms with Crippen LogP contribution in [-0.2, 0) is 22.8 Å². The molecular weight excluding hydrogens is 278 g/mol. The number of alkyl halides is 1. The number of halogens is 1. The third-order valence-corrected chi connectivity index (χ3v) is 4.92. The van der Waals surface area contributed by atoms with Gasteiger partial charge in [-0.2, -0.15) is 5.10 Å². The molecule has 1 amide bonds. The first kappa shape index (κ1) is 13.9. The molecular formula is C14H20ClN3O2. The van der Waals surface area contributed by atoms with Crippen LogP contribution in [-0.4, -0.2) is 39.6 Å². The summed E-state index contributed by atoms with van der Waals surface area (Å²) < 4.78 is 6.90. The summed E-state index contributed by atoms with van der Waals surface area (Å²) >= 11 is 5.78. The molecule has 110 valence electrons. The Labute approximate surface area is 123 Å². The molecule has 1 aromatic rings. The minimum absolute atomic E-state index is 0.0191. The van der Waals surface area contributed by atoms with E-state index in [1.54, 1.807) is 18.0 Å². The Bertz CT molecular complexity index is 498. The molecule has 2 fully saturated rings. The number of hydrogen-bond acceptors (Lipinski definition) is 3. The molecule has 2 saturated carbocycles. The first-order chi connectivity index (χ1) is 9.70. The van der Waals surface area contributed by atoms with E-state index in [0.717, 1.165) is 12.1 Å². The summed E-state index contributed by atoms with van der Waals surface area (Å²) in [4.78, 5) is 14.1. The number of rotatable bonds is 6. The van der Waals surface area contributed by atoms with Gasteiger partial charge in [0.1, 0.15) is 12.6 Å². The highest BCUT2D eigenvalue weighted by molar-refractivity contribution is 6.27. The fourth-order valence-corrected chi connectivity index (χ4v) is 3.45. The van der Waals surface area contributed by atoms with Crippen molar-refractivity contribution in [1.29, 1.82) is 0 Å². The van der Waals surface area contributed by atoms with Crippen LogP contribution in [0.2, 0.25) is 0 Å². The van der Waals surface area contributed by atoms with Crippen molar-refractivity contribution in [2.45, 2.75) is 45.0 Å². The Morgan fingerprint density at radius 3 is 3.00 bits per heavy atom. The first-order valence-electron chi connectivity index (χ1n) is 7.05. The molecule has 0 N–H and O–H groups in total. The molecule has 0 saturated heterocycles. The zero-order valence-electron chi connectivity index (χ0n) is 11.7. The molecule has 1 aromatic heterocycles. The van der Waals surface area contributed by atoms with E-state index in [4.69, 9.17) is 16.3 Å². The zero-order chi connectivity index (χ0) is 14.2. The minimum Gasteiger partial charge on any atom is -0.362 e. The van der Waals surface area contributed by atoms with Gasteiger partial charge in [-0.1, -0.05) is 6.42 Å². The highest BCUT2D eigenvalue weighted by atomic mass is 35.5. The van der Waals surface area contributed by atoms with Gasteiger partial charge in [0.15, 0.2) is 0 Å². The topological polar surface area (TPSA) is 47.4 Å². The SMILES string of the molecule is COCn1nccc1CN(C(=O)CCl)C1CC12CCC2. The van der Waals surface area contributed by atoms with Crippen molar-refractivity contribution < 1.29 is 9.53 Å². The Morgan fingerprint density at radius 2 is 2.45 bits per heavy atom. The number of aromatic nitrogens is 2. The molecule has 5 nitrogen and oxygen atoms in total. The summed E-state index contributed by atoms with van der Waals surface area (Å²) in [7, 11) is 1.64. The van der Waals surface area contributed by atoms with Gasteiger partial charge in [-0.3, -0.25) is 4.79 Å². The van der Waals surface area contributed by atoms with Crippen molar-refractivity contribution in [2.75, 3.05) is 13.0 Å². The van der Waals surface area contributed by atoms with Crippen molar-refractivity contribution in [3.63, 3.8) is 0 Å². The molecule has 0 bridgehead atoms. The summed E-state index contributed by atoms with van der Waals surface area (Å²) in [6, 6.07) is 2.30. The first-order valence-corrected chi connectivity index (χ1v) is 7.59. The molecule has 3 rings (SSSR count). The lowest BCUT2D eigenvalue weighted by atomic mass is 9.81. The molecule has 6 heteroatoms. The number of nitrogens with zero attached hydrogens (tertiary/aromatic N) is 3. The Hall–Kier alpha value is -1.07. The lowest BCUT2D eigenvalue weighted by molar-refractivity contribution is -0.130. The van der Waals surface area contributed by atoms with Crippen LogP contribution in [0.15, 0.2) is 12.3 Å². The molecule has 0 aliphatic heterocycles. The molecule has 20 heavy (non-hydrogen) atoms. The largest absolute Gasteiger partial charge is 0.362 e. The third kappa shape index (κ3) is 2.33. The Morgan fingerprint density at radius 1 is 1.65 bits per heavy atom. The maximum atomic E-state index is 12.1. The second-order valence-electron chi connectivity index (χ2n) is 5.83. The number of hydrogen-bond donors (Lipinski definition) is 0. The average Bonchev–Trinajstić information content (AvgIpc) is 3.04. The van der Waals surface area contributed by atoms with Crippen LogP contribution in [0.1, 0.15) is 31.4 Å². The maximum Gasteiger partial charge on any atom is 0.238 e. The predicted octanol–water partition coefficient (Wildman–Crippen LogP) is 2.00. The summed E-state index contributed by atoms with van der Waals surface area (Å²) in [6.07, 6.45) is 6.67. The minimum atomic E-state index is 0.0191. The fraction of sp³-hybridized carbons (Fsp3) is 0.714. The molecule has 2 aliphatic rings. The molecule has 1 atom stereocenters. The quantitative estimate of drug-likeness (QED) is 0.755. The lowest BCUT2D eigenvalue weighted by Crippen LogP contribution is -2.38. The van der Waals surface area contributed by atoms with Crippen LogP contribution in [0.4, 0.5) is 0 Å². The van der Waals surface area contributed by atoms with Crippen molar-refractivity contribution in [3.8, 4) is 0 Å². The Balaban J connectivity index is 1.73. The van der Waals surface area contributed by atoms with Gasteiger partial charge in [-0.15, -0.1) is 11.6 Å². The molecule has 0 aromatic carbocycles. The molecule has 1 spiro atoms.